The lowest BCUT2D eigenvalue weighted by molar-refractivity contribution is 0.100. The topological polar surface area (TPSA) is 103 Å². The maximum Gasteiger partial charge on any atom is 0.297 e. The zero-order valence-electron chi connectivity index (χ0n) is 14.9. The quantitative estimate of drug-likeness (QED) is 0.511. The number of primary amides is 1. The highest BCUT2D eigenvalue weighted by Gasteiger charge is 2.14. The number of aromatic nitrogens is 3. The van der Waals surface area contributed by atoms with Crippen molar-refractivity contribution < 1.29 is 9.90 Å². The molecule has 7 nitrogen and oxygen atoms in total. The maximum absolute atomic E-state index is 12.0. The van der Waals surface area contributed by atoms with Gasteiger partial charge in [-0.1, -0.05) is 11.6 Å². The van der Waals surface area contributed by atoms with Crippen molar-refractivity contribution >= 4 is 28.8 Å². The first-order valence-electron chi connectivity index (χ1n) is 8.54. The van der Waals surface area contributed by atoms with Crippen molar-refractivity contribution in [1.82, 2.24) is 14.1 Å². The average molecular weight is 427 g/mol. The molecule has 0 radical (unpaired) electrons. The second-order valence-electron chi connectivity index (χ2n) is 6.30. The van der Waals surface area contributed by atoms with Crippen molar-refractivity contribution in [3.63, 3.8) is 0 Å². The van der Waals surface area contributed by atoms with Crippen LogP contribution in [0.1, 0.15) is 20.9 Å². The van der Waals surface area contributed by atoms with Gasteiger partial charge in [-0.3, -0.25) is 14.2 Å². The first-order chi connectivity index (χ1) is 13.9. The second-order valence-corrected chi connectivity index (χ2v) is 7.99. The summed E-state index contributed by atoms with van der Waals surface area (Å²) in [5, 5.41) is 9.59. The summed E-state index contributed by atoms with van der Waals surface area (Å²) in [6.07, 6.45) is 5.55. The summed E-state index contributed by atoms with van der Waals surface area (Å²) in [6, 6.07) is 11.9. The molecule has 0 bridgehead atoms. The van der Waals surface area contributed by atoms with Gasteiger partial charge in [-0.25, -0.2) is 4.98 Å². The third kappa shape index (κ3) is 3.80. The Morgan fingerprint density at radius 3 is 2.66 bits per heavy atom. The van der Waals surface area contributed by atoms with Crippen molar-refractivity contribution in [3.05, 3.63) is 92.0 Å². The minimum Gasteiger partial charge on any atom is -0.503 e. The van der Waals surface area contributed by atoms with Gasteiger partial charge in [0.2, 0.25) is 0 Å². The molecule has 0 aliphatic carbocycles. The zero-order valence-corrected chi connectivity index (χ0v) is 16.5. The van der Waals surface area contributed by atoms with Crippen LogP contribution >= 0.6 is 22.9 Å². The van der Waals surface area contributed by atoms with Crippen LogP contribution < -0.4 is 11.3 Å². The van der Waals surface area contributed by atoms with Crippen LogP contribution in [0.2, 0.25) is 4.34 Å². The Hall–Kier alpha value is -3.36. The Morgan fingerprint density at radius 2 is 1.93 bits per heavy atom. The Balaban J connectivity index is 1.58. The number of halogens is 1. The van der Waals surface area contributed by atoms with Gasteiger partial charge in [0.15, 0.2) is 5.75 Å². The molecular formula is C20H15ClN4O3S. The Labute approximate surface area is 174 Å². The van der Waals surface area contributed by atoms with Crippen LogP contribution in [0.3, 0.4) is 0 Å². The van der Waals surface area contributed by atoms with Crippen molar-refractivity contribution in [2.45, 2.75) is 6.42 Å². The molecule has 0 aliphatic heterocycles. The van der Waals surface area contributed by atoms with Gasteiger partial charge < -0.3 is 15.4 Å². The van der Waals surface area contributed by atoms with Gasteiger partial charge in [-0.2, -0.15) is 0 Å². The SMILES string of the molecule is NC(=O)c1sc(Cl)cc1Cc1cn(-c2ccc(-n3cccc(O)c3=O)cc2)cn1. The highest BCUT2D eigenvalue weighted by Crippen LogP contribution is 2.28. The van der Waals surface area contributed by atoms with Crippen LogP contribution in [0.25, 0.3) is 11.4 Å². The third-order valence-electron chi connectivity index (χ3n) is 4.36. The van der Waals surface area contributed by atoms with E-state index < -0.39 is 11.5 Å². The summed E-state index contributed by atoms with van der Waals surface area (Å²) in [7, 11) is 0. The van der Waals surface area contributed by atoms with Gasteiger partial charge in [-0.05, 0) is 48.0 Å². The number of benzene rings is 1. The number of pyridine rings is 1. The van der Waals surface area contributed by atoms with Crippen LogP contribution in [-0.2, 0) is 6.42 Å². The van der Waals surface area contributed by atoms with Gasteiger partial charge in [-0.15, -0.1) is 11.3 Å². The van der Waals surface area contributed by atoms with Crippen LogP contribution in [0, 0.1) is 0 Å². The van der Waals surface area contributed by atoms with Gasteiger partial charge in [0.05, 0.1) is 21.2 Å². The predicted molar refractivity (Wildman–Crippen MR) is 111 cm³/mol. The molecule has 3 heterocycles. The van der Waals surface area contributed by atoms with E-state index >= 15 is 0 Å². The number of hydrogen-bond donors (Lipinski definition) is 2. The lowest BCUT2D eigenvalue weighted by atomic mass is 10.1. The zero-order chi connectivity index (χ0) is 20.5. The number of imidazole rings is 1. The summed E-state index contributed by atoms with van der Waals surface area (Å²) in [6.45, 7) is 0. The molecule has 29 heavy (non-hydrogen) atoms. The van der Waals surface area contributed by atoms with Gasteiger partial charge in [0, 0.05) is 30.2 Å². The minimum atomic E-state index is -0.505. The van der Waals surface area contributed by atoms with Crippen LogP contribution in [0.15, 0.2) is 66.0 Å². The second kappa shape index (κ2) is 7.57. The average Bonchev–Trinajstić information content (AvgIpc) is 3.31. The van der Waals surface area contributed by atoms with E-state index in [-0.39, 0.29) is 5.75 Å². The Morgan fingerprint density at radius 1 is 1.21 bits per heavy atom. The molecular weight excluding hydrogens is 412 g/mol. The van der Waals surface area contributed by atoms with Crippen LogP contribution in [-0.4, -0.2) is 25.1 Å². The molecule has 0 spiro atoms. The summed E-state index contributed by atoms with van der Waals surface area (Å²) < 4.78 is 3.71. The standard InChI is InChI=1S/C20H15ClN4O3S/c21-17-9-12(18(29-17)19(22)27)8-13-10-24(11-23-13)14-3-5-15(6-4-14)25-7-1-2-16(26)20(25)28/h1-7,9-11,26H,8H2,(H2,22,27). The molecule has 0 atom stereocenters. The van der Waals surface area contributed by atoms with Crippen molar-refractivity contribution in [1.29, 1.82) is 0 Å². The van der Waals surface area contributed by atoms with Crippen molar-refractivity contribution in [2.24, 2.45) is 5.73 Å². The Kier molecular flexibility index (Phi) is 4.96. The van der Waals surface area contributed by atoms with E-state index in [0.717, 1.165) is 28.3 Å². The van der Waals surface area contributed by atoms with Crippen molar-refractivity contribution in [3.8, 4) is 17.1 Å². The largest absolute Gasteiger partial charge is 0.503 e. The number of hydrogen-bond acceptors (Lipinski definition) is 5. The molecule has 1 aromatic carbocycles. The molecule has 4 aromatic rings. The minimum absolute atomic E-state index is 0.306. The molecule has 146 valence electrons. The van der Waals surface area contributed by atoms with E-state index in [9.17, 15) is 14.7 Å². The van der Waals surface area contributed by atoms with Gasteiger partial charge in [0.1, 0.15) is 0 Å². The molecule has 9 heteroatoms. The first-order valence-corrected chi connectivity index (χ1v) is 9.74. The fourth-order valence-corrected chi connectivity index (χ4v) is 4.12. The third-order valence-corrected chi connectivity index (χ3v) is 5.68. The van der Waals surface area contributed by atoms with Crippen LogP contribution in [0.5, 0.6) is 5.75 Å². The maximum atomic E-state index is 12.0. The fraction of sp³-hybridized carbons (Fsp3) is 0.0500. The number of amides is 1. The number of thiophene rings is 1. The molecule has 4 rings (SSSR count). The van der Waals surface area contributed by atoms with E-state index in [1.165, 1.54) is 10.6 Å². The molecule has 1 amide bonds. The van der Waals surface area contributed by atoms with Crippen LogP contribution in [0.4, 0.5) is 0 Å². The van der Waals surface area contributed by atoms with E-state index in [0.29, 0.717) is 21.3 Å². The highest BCUT2D eigenvalue weighted by molar-refractivity contribution is 7.18. The van der Waals surface area contributed by atoms with E-state index in [2.05, 4.69) is 4.98 Å². The molecule has 0 fully saturated rings. The molecule has 0 saturated carbocycles. The van der Waals surface area contributed by atoms with Gasteiger partial charge >= 0.3 is 0 Å². The summed E-state index contributed by atoms with van der Waals surface area (Å²) in [5.41, 5.74) is 7.91. The number of nitrogens with zero attached hydrogens (tertiary/aromatic N) is 3. The molecule has 0 aliphatic rings. The Bertz CT molecular complexity index is 1260. The number of rotatable bonds is 5. The van der Waals surface area contributed by atoms with Crippen molar-refractivity contribution in [2.75, 3.05) is 0 Å². The predicted octanol–water partition coefficient (Wildman–Crippen LogP) is 3.13. The monoisotopic (exact) mass is 426 g/mol. The molecule has 0 unspecified atom stereocenters. The number of carbonyl (C=O) groups excluding carboxylic acids is 1. The smallest absolute Gasteiger partial charge is 0.297 e. The fourth-order valence-electron chi connectivity index (χ4n) is 3.00. The molecule has 0 saturated heterocycles. The van der Waals surface area contributed by atoms with E-state index in [1.807, 2.05) is 22.9 Å². The summed E-state index contributed by atoms with van der Waals surface area (Å²) in [5.74, 6) is -0.811. The summed E-state index contributed by atoms with van der Waals surface area (Å²) in [4.78, 5) is 28.4. The lowest BCUT2D eigenvalue weighted by Crippen LogP contribution is -2.16. The number of aromatic hydroxyl groups is 1. The summed E-state index contributed by atoms with van der Waals surface area (Å²) >= 11 is 7.17. The van der Waals surface area contributed by atoms with E-state index in [1.54, 1.807) is 36.8 Å². The first kappa shape index (κ1) is 19.0. The number of nitrogens with two attached hydrogens (primary N) is 1. The normalized spacial score (nSPS) is 10.9. The number of carbonyl (C=O) groups is 1. The molecule has 3 N–H and O–H groups in total. The molecule has 3 aromatic heterocycles. The van der Waals surface area contributed by atoms with E-state index in [4.69, 9.17) is 17.3 Å². The van der Waals surface area contributed by atoms with Gasteiger partial charge in [0.25, 0.3) is 11.5 Å². The lowest BCUT2D eigenvalue weighted by Gasteiger charge is -2.07. The highest BCUT2D eigenvalue weighted by atomic mass is 35.5.